The van der Waals surface area contributed by atoms with Crippen molar-refractivity contribution in [2.75, 3.05) is 5.73 Å². The van der Waals surface area contributed by atoms with E-state index in [-0.39, 0.29) is 16.5 Å². The van der Waals surface area contributed by atoms with Gasteiger partial charge in [0.05, 0.1) is 17.8 Å². The van der Waals surface area contributed by atoms with Gasteiger partial charge in [-0.25, -0.2) is 13.1 Å². The van der Waals surface area contributed by atoms with Gasteiger partial charge in [-0.15, -0.1) is 0 Å². The number of nitrogens with two attached hydrogens (primary N) is 1. The second-order valence-corrected chi connectivity index (χ2v) is 6.19. The molecular weight excluding hydrogens is 288 g/mol. The largest absolute Gasteiger partial charge is 0.468 e. The number of hydrogen-bond acceptors (Lipinski definition) is 4. The van der Waals surface area contributed by atoms with Gasteiger partial charge < -0.3 is 10.2 Å². The zero-order valence-electron chi connectivity index (χ0n) is 10.2. The average Bonchev–Trinajstić information content (AvgIpc) is 2.84. The van der Waals surface area contributed by atoms with E-state index in [2.05, 4.69) is 4.72 Å². The number of nitrogen functional groups attached to an aromatic ring is 1. The first kappa shape index (κ1) is 13.9. The van der Waals surface area contributed by atoms with Crippen LogP contribution in [0.4, 0.5) is 5.69 Å². The van der Waals surface area contributed by atoms with E-state index in [1.807, 2.05) is 0 Å². The van der Waals surface area contributed by atoms with E-state index in [1.54, 1.807) is 19.1 Å². The molecule has 3 N–H and O–H groups in total. The van der Waals surface area contributed by atoms with Crippen LogP contribution in [0.1, 0.15) is 11.3 Å². The highest BCUT2D eigenvalue weighted by Gasteiger charge is 2.19. The summed E-state index contributed by atoms with van der Waals surface area (Å²) in [5.41, 5.74) is 6.82. The molecule has 102 valence electrons. The van der Waals surface area contributed by atoms with Crippen LogP contribution in [0.25, 0.3) is 0 Å². The molecule has 0 bridgehead atoms. The van der Waals surface area contributed by atoms with Crippen LogP contribution in [0.3, 0.4) is 0 Å². The fourth-order valence-corrected chi connectivity index (χ4v) is 3.14. The molecule has 0 radical (unpaired) electrons. The molecule has 0 spiro atoms. The van der Waals surface area contributed by atoms with Crippen molar-refractivity contribution in [3.05, 3.63) is 46.9 Å². The van der Waals surface area contributed by atoms with Gasteiger partial charge in [0, 0.05) is 5.69 Å². The highest BCUT2D eigenvalue weighted by Crippen LogP contribution is 2.26. The number of sulfonamides is 1. The van der Waals surface area contributed by atoms with E-state index in [1.165, 1.54) is 18.4 Å². The predicted molar refractivity (Wildman–Crippen MR) is 73.3 cm³/mol. The third kappa shape index (κ3) is 3.09. The normalized spacial score (nSPS) is 11.7. The molecule has 0 aliphatic heterocycles. The zero-order valence-corrected chi connectivity index (χ0v) is 11.8. The molecule has 0 aliphatic rings. The van der Waals surface area contributed by atoms with E-state index < -0.39 is 10.0 Å². The maximum absolute atomic E-state index is 12.1. The molecule has 7 heteroatoms. The molecule has 0 unspecified atom stereocenters. The Labute approximate surface area is 116 Å². The Morgan fingerprint density at radius 3 is 2.79 bits per heavy atom. The minimum Gasteiger partial charge on any atom is -0.468 e. The van der Waals surface area contributed by atoms with Crippen molar-refractivity contribution < 1.29 is 12.8 Å². The molecule has 0 saturated heterocycles. The molecule has 0 atom stereocenters. The number of rotatable bonds is 4. The van der Waals surface area contributed by atoms with Crippen molar-refractivity contribution in [3.8, 4) is 0 Å². The van der Waals surface area contributed by atoms with Gasteiger partial charge in [0.15, 0.2) is 0 Å². The van der Waals surface area contributed by atoms with Crippen molar-refractivity contribution in [2.24, 2.45) is 0 Å². The number of benzene rings is 1. The number of nitrogens with one attached hydrogen (secondary N) is 1. The van der Waals surface area contributed by atoms with Gasteiger partial charge in [-0.05, 0) is 36.8 Å². The first-order valence-electron chi connectivity index (χ1n) is 5.48. The Morgan fingerprint density at radius 2 is 2.16 bits per heavy atom. The molecule has 0 fully saturated rings. The predicted octanol–water partition coefficient (Wildman–Crippen LogP) is 2.30. The maximum atomic E-state index is 12.1. The van der Waals surface area contributed by atoms with Crippen LogP contribution < -0.4 is 10.5 Å². The van der Waals surface area contributed by atoms with Crippen LogP contribution in [0, 0.1) is 6.92 Å². The Balaban J connectivity index is 2.27. The molecule has 0 aliphatic carbocycles. The topological polar surface area (TPSA) is 85.3 Å². The number of furan rings is 1. The quantitative estimate of drug-likeness (QED) is 0.848. The van der Waals surface area contributed by atoms with Gasteiger partial charge in [0.1, 0.15) is 10.7 Å². The number of halogens is 1. The van der Waals surface area contributed by atoms with Crippen LogP contribution in [-0.2, 0) is 16.6 Å². The van der Waals surface area contributed by atoms with Gasteiger partial charge in [0.25, 0.3) is 0 Å². The fourth-order valence-electron chi connectivity index (χ4n) is 1.53. The fraction of sp³-hybridized carbons (Fsp3) is 0.167. The molecule has 19 heavy (non-hydrogen) atoms. The summed E-state index contributed by atoms with van der Waals surface area (Å²) in [6.45, 7) is 1.81. The second kappa shape index (κ2) is 5.24. The van der Waals surface area contributed by atoms with E-state index in [9.17, 15) is 8.42 Å². The second-order valence-electron chi connectivity index (χ2n) is 4.04. The summed E-state index contributed by atoms with van der Waals surface area (Å²) in [5.74, 6) is 0.514. The molecule has 1 heterocycles. The SMILES string of the molecule is Cc1cc(Cl)c(S(=O)(=O)NCc2ccco2)cc1N. The third-order valence-electron chi connectivity index (χ3n) is 2.63. The Bertz CT molecular complexity index is 681. The number of anilines is 1. The molecule has 2 rings (SSSR count). The zero-order chi connectivity index (χ0) is 14.0. The Hall–Kier alpha value is -1.50. The van der Waals surface area contributed by atoms with Crippen LogP contribution >= 0.6 is 11.6 Å². The van der Waals surface area contributed by atoms with E-state index in [4.69, 9.17) is 21.8 Å². The number of aryl methyl sites for hydroxylation is 1. The molecule has 0 amide bonds. The molecule has 5 nitrogen and oxygen atoms in total. The molecule has 0 saturated carbocycles. The van der Waals surface area contributed by atoms with Gasteiger partial charge >= 0.3 is 0 Å². The van der Waals surface area contributed by atoms with E-state index in [0.29, 0.717) is 11.4 Å². The van der Waals surface area contributed by atoms with E-state index in [0.717, 1.165) is 5.56 Å². The molecule has 1 aromatic carbocycles. The third-order valence-corrected chi connectivity index (χ3v) is 4.49. The van der Waals surface area contributed by atoms with Gasteiger partial charge in [-0.2, -0.15) is 0 Å². The van der Waals surface area contributed by atoms with Gasteiger partial charge in [-0.3, -0.25) is 0 Å². The summed E-state index contributed by atoms with van der Waals surface area (Å²) in [7, 11) is -3.73. The van der Waals surface area contributed by atoms with E-state index >= 15 is 0 Å². The molecular formula is C12H13ClN2O3S. The smallest absolute Gasteiger partial charge is 0.242 e. The Kier molecular flexibility index (Phi) is 3.84. The van der Waals surface area contributed by atoms with Crippen molar-refractivity contribution in [3.63, 3.8) is 0 Å². The van der Waals surface area contributed by atoms with Gasteiger partial charge in [0.2, 0.25) is 10.0 Å². The number of hydrogen-bond donors (Lipinski definition) is 2. The summed E-state index contributed by atoms with van der Waals surface area (Å²) < 4.78 is 31.7. The van der Waals surface area contributed by atoms with Crippen LogP contribution in [-0.4, -0.2) is 8.42 Å². The lowest BCUT2D eigenvalue weighted by Crippen LogP contribution is -2.23. The lowest BCUT2D eigenvalue weighted by molar-refractivity contribution is 0.498. The molecule has 2 aromatic rings. The summed E-state index contributed by atoms with van der Waals surface area (Å²) in [6.07, 6.45) is 1.47. The highest BCUT2D eigenvalue weighted by molar-refractivity contribution is 7.89. The van der Waals surface area contributed by atoms with Crippen LogP contribution in [0.5, 0.6) is 0 Å². The average molecular weight is 301 g/mol. The first-order chi connectivity index (χ1) is 8.90. The lowest BCUT2D eigenvalue weighted by atomic mass is 10.2. The lowest BCUT2D eigenvalue weighted by Gasteiger charge is -2.09. The minimum atomic E-state index is -3.73. The van der Waals surface area contributed by atoms with Crippen LogP contribution in [0.2, 0.25) is 5.02 Å². The standard InChI is InChI=1S/C12H13ClN2O3S/c1-8-5-10(13)12(6-11(8)14)19(16,17)15-7-9-3-2-4-18-9/h2-6,15H,7,14H2,1H3. The van der Waals surface area contributed by atoms with Crippen LogP contribution in [0.15, 0.2) is 39.8 Å². The van der Waals surface area contributed by atoms with Crippen molar-refractivity contribution >= 4 is 27.3 Å². The monoisotopic (exact) mass is 300 g/mol. The summed E-state index contributed by atoms with van der Waals surface area (Å²) in [6, 6.07) is 6.23. The Morgan fingerprint density at radius 1 is 1.42 bits per heavy atom. The summed E-state index contributed by atoms with van der Waals surface area (Å²) >= 11 is 5.95. The highest BCUT2D eigenvalue weighted by atomic mass is 35.5. The molecule has 1 aromatic heterocycles. The minimum absolute atomic E-state index is 0.0381. The summed E-state index contributed by atoms with van der Waals surface area (Å²) in [4.78, 5) is -0.0381. The van der Waals surface area contributed by atoms with Gasteiger partial charge in [-0.1, -0.05) is 11.6 Å². The maximum Gasteiger partial charge on any atom is 0.242 e. The van der Waals surface area contributed by atoms with Crippen molar-refractivity contribution in [1.82, 2.24) is 4.72 Å². The van der Waals surface area contributed by atoms with Crippen molar-refractivity contribution in [1.29, 1.82) is 0 Å². The first-order valence-corrected chi connectivity index (χ1v) is 7.34. The van der Waals surface area contributed by atoms with Crippen molar-refractivity contribution in [2.45, 2.75) is 18.4 Å². The summed E-state index contributed by atoms with van der Waals surface area (Å²) in [5, 5.41) is 0.138.